The molecule has 29 heavy (non-hydrogen) atoms. The second-order valence-corrected chi connectivity index (χ2v) is 7.24. The van der Waals surface area contributed by atoms with E-state index in [1.165, 1.54) is 6.20 Å². The predicted octanol–water partition coefficient (Wildman–Crippen LogP) is 2.33. The summed E-state index contributed by atoms with van der Waals surface area (Å²) in [7, 11) is 0. The number of ether oxygens (including phenoxy) is 2. The average molecular weight is 423 g/mol. The molecule has 2 heterocycles. The first-order valence-electron chi connectivity index (χ1n) is 8.71. The molecule has 2 aromatic rings. The molecule has 0 atom stereocenters. The highest BCUT2D eigenvalue weighted by Crippen LogP contribution is 2.34. The Balaban J connectivity index is 2.29. The van der Waals surface area contributed by atoms with E-state index < -0.39 is 29.9 Å². The van der Waals surface area contributed by atoms with E-state index in [0.29, 0.717) is 5.56 Å². The number of carboxylic acid groups (broad SMARTS) is 1. The monoisotopic (exact) mass is 423 g/mol. The fourth-order valence-corrected chi connectivity index (χ4v) is 3.49. The van der Waals surface area contributed by atoms with Gasteiger partial charge in [-0.3, -0.25) is 9.48 Å². The van der Waals surface area contributed by atoms with Crippen LogP contribution in [0.1, 0.15) is 56.7 Å². The van der Waals surface area contributed by atoms with Crippen molar-refractivity contribution < 1.29 is 33.8 Å². The molecular formula is C18H21N3O7S. The van der Waals surface area contributed by atoms with Crippen LogP contribution in [0.2, 0.25) is 0 Å². The Bertz CT molecular complexity index is 945. The highest BCUT2D eigenvalue weighted by Gasteiger charge is 2.28. The van der Waals surface area contributed by atoms with Gasteiger partial charge >= 0.3 is 17.9 Å². The first-order valence-corrected chi connectivity index (χ1v) is 9.52. The summed E-state index contributed by atoms with van der Waals surface area (Å²) in [5, 5.41) is 15.4. The minimum Gasteiger partial charge on any atom is -0.478 e. The number of aromatic nitrogens is 2. The number of carboxylic acids is 1. The van der Waals surface area contributed by atoms with Crippen LogP contribution in [0.4, 0.5) is 5.00 Å². The summed E-state index contributed by atoms with van der Waals surface area (Å²) in [4.78, 5) is 48.2. The fourth-order valence-electron chi connectivity index (χ4n) is 2.39. The second-order valence-electron chi connectivity index (χ2n) is 6.21. The summed E-state index contributed by atoms with van der Waals surface area (Å²) in [5.41, 5.74) is 0.365. The SMILES string of the molecule is CCOC(=O)c1sc(NC(=O)Cn2cc(C(=O)O)cn2)c(C(=O)OC(C)C)c1C. The van der Waals surface area contributed by atoms with Crippen LogP contribution in [0, 0.1) is 6.92 Å². The quantitative estimate of drug-likeness (QED) is 0.617. The highest BCUT2D eigenvalue weighted by molar-refractivity contribution is 7.18. The Morgan fingerprint density at radius 1 is 1.28 bits per heavy atom. The standard InChI is InChI=1S/C18H21N3O7S/c1-5-27-18(26)14-10(4)13(17(25)28-9(2)3)15(29-14)20-12(22)8-21-7-11(6-19-21)16(23)24/h6-7,9H,5,8H2,1-4H3,(H,20,22)(H,23,24). The summed E-state index contributed by atoms with van der Waals surface area (Å²) in [6.07, 6.45) is 1.93. The maximum atomic E-state index is 12.5. The maximum Gasteiger partial charge on any atom is 0.348 e. The molecule has 0 spiro atoms. The van der Waals surface area contributed by atoms with Gasteiger partial charge in [0.1, 0.15) is 16.4 Å². The molecule has 11 heteroatoms. The molecule has 156 valence electrons. The van der Waals surface area contributed by atoms with Gasteiger partial charge in [-0.2, -0.15) is 5.10 Å². The number of carbonyl (C=O) groups is 4. The molecule has 0 aromatic carbocycles. The van der Waals surface area contributed by atoms with Gasteiger partial charge in [0.2, 0.25) is 5.91 Å². The summed E-state index contributed by atoms with van der Waals surface area (Å²) >= 11 is 0.907. The lowest BCUT2D eigenvalue weighted by Gasteiger charge is -2.10. The number of aromatic carboxylic acids is 1. The van der Waals surface area contributed by atoms with Crippen molar-refractivity contribution in [2.45, 2.75) is 40.3 Å². The Labute approximate surface area is 170 Å². The molecule has 2 N–H and O–H groups in total. The van der Waals surface area contributed by atoms with Crippen LogP contribution < -0.4 is 5.32 Å². The van der Waals surface area contributed by atoms with Crippen molar-refractivity contribution in [3.8, 4) is 0 Å². The molecule has 0 saturated heterocycles. The second kappa shape index (κ2) is 9.32. The van der Waals surface area contributed by atoms with Gasteiger partial charge in [0.15, 0.2) is 0 Å². The normalized spacial score (nSPS) is 10.7. The Morgan fingerprint density at radius 2 is 1.97 bits per heavy atom. The molecule has 0 saturated carbocycles. The third kappa shape index (κ3) is 5.41. The zero-order chi connectivity index (χ0) is 21.7. The summed E-state index contributed by atoms with van der Waals surface area (Å²) < 4.78 is 11.4. The summed E-state index contributed by atoms with van der Waals surface area (Å²) in [6.45, 7) is 6.48. The van der Waals surface area contributed by atoms with E-state index in [2.05, 4.69) is 10.4 Å². The van der Waals surface area contributed by atoms with Gasteiger partial charge < -0.3 is 19.9 Å². The molecule has 0 aliphatic rings. The highest BCUT2D eigenvalue weighted by atomic mass is 32.1. The zero-order valence-corrected chi connectivity index (χ0v) is 17.2. The molecule has 0 aliphatic heterocycles. The molecule has 0 unspecified atom stereocenters. The van der Waals surface area contributed by atoms with E-state index in [-0.39, 0.29) is 34.2 Å². The topological polar surface area (TPSA) is 137 Å². The number of hydrogen-bond acceptors (Lipinski definition) is 8. The minimum absolute atomic E-state index is 0.0597. The first kappa shape index (κ1) is 22.1. The number of anilines is 1. The lowest BCUT2D eigenvalue weighted by molar-refractivity contribution is -0.116. The third-order valence-electron chi connectivity index (χ3n) is 3.59. The number of hydrogen-bond donors (Lipinski definition) is 2. The van der Waals surface area contributed by atoms with E-state index in [0.717, 1.165) is 22.2 Å². The molecule has 0 bridgehead atoms. The minimum atomic E-state index is -1.16. The fraction of sp³-hybridized carbons (Fsp3) is 0.389. The van der Waals surface area contributed by atoms with E-state index in [9.17, 15) is 19.2 Å². The van der Waals surface area contributed by atoms with Crippen LogP contribution in [0.3, 0.4) is 0 Å². The van der Waals surface area contributed by atoms with Gasteiger partial charge in [-0.15, -0.1) is 11.3 Å². The number of thiophene rings is 1. The van der Waals surface area contributed by atoms with Crippen LogP contribution in [0.15, 0.2) is 12.4 Å². The molecule has 0 aliphatic carbocycles. The molecule has 2 rings (SSSR count). The van der Waals surface area contributed by atoms with Crippen LogP contribution in [-0.4, -0.2) is 51.4 Å². The number of nitrogens with one attached hydrogen (secondary N) is 1. The predicted molar refractivity (Wildman–Crippen MR) is 103 cm³/mol. The summed E-state index contributed by atoms with van der Waals surface area (Å²) in [5.74, 6) is -3.00. The largest absolute Gasteiger partial charge is 0.478 e. The Hall–Kier alpha value is -3.21. The Morgan fingerprint density at radius 3 is 2.52 bits per heavy atom. The third-order valence-corrected chi connectivity index (χ3v) is 4.78. The van der Waals surface area contributed by atoms with Crippen molar-refractivity contribution in [1.82, 2.24) is 9.78 Å². The van der Waals surface area contributed by atoms with Gasteiger partial charge in [0.05, 0.1) is 30.0 Å². The van der Waals surface area contributed by atoms with Gasteiger partial charge in [-0.05, 0) is 33.3 Å². The van der Waals surface area contributed by atoms with Crippen LogP contribution in [-0.2, 0) is 20.8 Å². The Kier molecular flexibility index (Phi) is 7.10. The molecule has 0 radical (unpaired) electrons. The van der Waals surface area contributed by atoms with Crippen LogP contribution >= 0.6 is 11.3 Å². The molecular weight excluding hydrogens is 402 g/mol. The van der Waals surface area contributed by atoms with Gasteiger partial charge in [-0.25, -0.2) is 14.4 Å². The lowest BCUT2D eigenvalue weighted by atomic mass is 10.1. The van der Waals surface area contributed by atoms with Gasteiger partial charge in [-0.1, -0.05) is 0 Å². The number of rotatable bonds is 8. The van der Waals surface area contributed by atoms with E-state index in [1.807, 2.05) is 0 Å². The van der Waals surface area contributed by atoms with Crippen molar-refractivity contribution >= 4 is 40.2 Å². The molecule has 2 aromatic heterocycles. The first-order chi connectivity index (χ1) is 13.6. The van der Waals surface area contributed by atoms with Gasteiger partial charge in [0, 0.05) is 6.20 Å². The number of esters is 2. The lowest BCUT2D eigenvalue weighted by Crippen LogP contribution is -2.21. The average Bonchev–Trinajstić information content (AvgIpc) is 3.19. The van der Waals surface area contributed by atoms with E-state index in [1.54, 1.807) is 27.7 Å². The van der Waals surface area contributed by atoms with Crippen molar-refractivity contribution in [1.29, 1.82) is 0 Å². The van der Waals surface area contributed by atoms with E-state index in [4.69, 9.17) is 14.6 Å². The number of amides is 1. The van der Waals surface area contributed by atoms with Crippen LogP contribution in [0.25, 0.3) is 0 Å². The number of carbonyl (C=O) groups excluding carboxylic acids is 3. The molecule has 1 amide bonds. The molecule has 0 fully saturated rings. The van der Waals surface area contributed by atoms with Crippen molar-refractivity contribution in [3.05, 3.63) is 34.0 Å². The van der Waals surface area contributed by atoms with Gasteiger partial charge in [0.25, 0.3) is 0 Å². The maximum absolute atomic E-state index is 12.5. The zero-order valence-electron chi connectivity index (χ0n) is 16.3. The van der Waals surface area contributed by atoms with Crippen molar-refractivity contribution in [2.24, 2.45) is 0 Å². The number of nitrogens with zero attached hydrogens (tertiary/aromatic N) is 2. The van der Waals surface area contributed by atoms with Crippen molar-refractivity contribution in [3.63, 3.8) is 0 Å². The van der Waals surface area contributed by atoms with Crippen molar-refractivity contribution in [2.75, 3.05) is 11.9 Å². The van der Waals surface area contributed by atoms with E-state index >= 15 is 0 Å². The molecule has 10 nitrogen and oxygen atoms in total. The van der Waals surface area contributed by atoms with Crippen LogP contribution in [0.5, 0.6) is 0 Å². The smallest absolute Gasteiger partial charge is 0.348 e. The summed E-state index contributed by atoms with van der Waals surface area (Å²) in [6, 6.07) is 0.